The van der Waals surface area contributed by atoms with Crippen molar-refractivity contribution < 1.29 is 4.74 Å². The molecule has 5 heteroatoms. The Bertz CT molecular complexity index is 485. The Morgan fingerprint density at radius 3 is 3.11 bits per heavy atom. The maximum Gasteiger partial charge on any atom is 0.293 e. The summed E-state index contributed by atoms with van der Waals surface area (Å²) in [5.74, 6) is 0.465. The third-order valence-electron chi connectivity index (χ3n) is 3.81. The van der Waals surface area contributed by atoms with Gasteiger partial charge >= 0.3 is 0 Å². The molecule has 1 N–H and O–H groups in total. The van der Waals surface area contributed by atoms with Gasteiger partial charge in [0.15, 0.2) is 5.82 Å². The summed E-state index contributed by atoms with van der Waals surface area (Å²) in [6.45, 7) is 2.80. The minimum absolute atomic E-state index is 0.0258. The second kappa shape index (κ2) is 4.72. The molecule has 0 aliphatic carbocycles. The molecule has 2 saturated heterocycles. The fraction of sp³-hybridized carbons (Fsp3) is 0.692. The second-order valence-electron chi connectivity index (χ2n) is 5.13. The molecule has 3 atom stereocenters. The smallest absolute Gasteiger partial charge is 0.293 e. The number of aryl methyl sites for hydroxylation is 1. The van der Waals surface area contributed by atoms with Gasteiger partial charge in [0.25, 0.3) is 5.56 Å². The number of ether oxygens (including phenoxy) is 1. The largest absolute Gasteiger partial charge is 0.373 e. The summed E-state index contributed by atoms with van der Waals surface area (Å²) in [5.41, 5.74) is -0.0258. The van der Waals surface area contributed by atoms with Crippen LogP contribution in [0.2, 0.25) is 0 Å². The van der Waals surface area contributed by atoms with E-state index in [9.17, 15) is 4.79 Å². The summed E-state index contributed by atoms with van der Waals surface area (Å²) < 4.78 is 7.49. The SMILES string of the molecule is CCCn1ccnc(NC2CC3CCC2O3)c1=O. The van der Waals surface area contributed by atoms with Gasteiger partial charge in [-0.2, -0.15) is 0 Å². The van der Waals surface area contributed by atoms with Gasteiger partial charge in [0.2, 0.25) is 0 Å². The summed E-state index contributed by atoms with van der Waals surface area (Å²) in [4.78, 5) is 16.3. The van der Waals surface area contributed by atoms with E-state index in [1.165, 1.54) is 0 Å². The van der Waals surface area contributed by atoms with E-state index in [2.05, 4.69) is 17.2 Å². The van der Waals surface area contributed by atoms with Crippen molar-refractivity contribution in [2.24, 2.45) is 0 Å². The summed E-state index contributed by atoms with van der Waals surface area (Å²) >= 11 is 0. The summed E-state index contributed by atoms with van der Waals surface area (Å²) in [5, 5.41) is 3.27. The lowest BCUT2D eigenvalue weighted by Crippen LogP contribution is -2.35. The molecule has 3 unspecified atom stereocenters. The molecule has 3 heterocycles. The predicted octanol–water partition coefficient (Wildman–Crippen LogP) is 1.39. The van der Waals surface area contributed by atoms with Crippen molar-refractivity contribution in [2.75, 3.05) is 5.32 Å². The Hall–Kier alpha value is -1.36. The van der Waals surface area contributed by atoms with Crippen LogP contribution in [-0.2, 0) is 11.3 Å². The molecule has 0 radical (unpaired) electrons. The monoisotopic (exact) mass is 249 g/mol. The molecule has 18 heavy (non-hydrogen) atoms. The minimum Gasteiger partial charge on any atom is -0.373 e. The number of fused-ring (bicyclic) bond motifs is 2. The van der Waals surface area contributed by atoms with Gasteiger partial charge in [-0.15, -0.1) is 0 Å². The topological polar surface area (TPSA) is 56.1 Å². The zero-order valence-corrected chi connectivity index (χ0v) is 10.6. The van der Waals surface area contributed by atoms with Gasteiger partial charge in [-0.3, -0.25) is 4.79 Å². The quantitative estimate of drug-likeness (QED) is 0.876. The highest BCUT2D eigenvalue weighted by Crippen LogP contribution is 2.35. The van der Waals surface area contributed by atoms with E-state index in [1.807, 2.05) is 0 Å². The average molecular weight is 249 g/mol. The summed E-state index contributed by atoms with van der Waals surface area (Å²) in [6.07, 6.45) is 8.27. The number of anilines is 1. The highest BCUT2D eigenvalue weighted by atomic mass is 16.5. The molecule has 0 amide bonds. The molecule has 5 nitrogen and oxygen atoms in total. The van der Waals surface area contributed by atoms with Crippen LogP contribution < -0.4 is 10.9 Å². The Kier molecular flexibility index (Phi) is 3.07. The van der Waals surface area contributed by atoms with Crippen LogP contribution in [0.5, 0.6) is 0 Å². The van der Waals surface area contributed by atoms with E-state index in [4.69, 9.17) is 4.74 Å². The highest BCUT2D eigenvalue weighted by Gasteiger charge is 2.41. The van der Waals surface area contributed by atoms with Crippen molar-refractivity contribution >= 4 is 5.82 Å². The molecule has 2 aliphatic heterocycles. The van der Waals surface area contributed by atoms with Crippen molar-refractivity contribution in [3.63, 3.8) is 0 Å². The van der Waals surface area contributed by atoms with E-state index in [0.29, 0.717) is 11.9 Å². The van der Waals surface area contributed by atoms with Gasteiger partial charge in [-0.25, -0.2) is 4.98 Å². The molecule has 2 fully saturated rings. The molecule has 1 aromatic heterocycles. The van der Waals surface area contributed by atoms with Crippen molar-refractivity contribution in [3.05, 3.63) is 22.7 Å². The first kappa shape index (κ1) is 11.7. The first-order valence-electron chi connectivity index (χ1n) is 6.75. The van der Waals surface area contributed by atoms with Gasteiger partial charge in [-0.1, -0.05) is 6.92 Å². The van der Waals surface area contributed by atoms with E-state index >= 15 is 0 Å². The van der Waals surface area contributed by atoms with Crippen LogP contribution in [0.1, 0.15) is 32.6 Å². The van der Waals surface area contributed by atoms with Crippen molar-refractivity contribution in [3.8, 4) is 0 Å². The lowest BCUT2D eigenvalue weighted by Gasteiger charge is -2.20. The van der Waals surface area contributed by atoms with Crippen LogP contribution >= 0.6 is 0 Å². The van der Waals surface area contributed by atoms with Crippen LogP contribution in [0.4, 0.5) is 5.82 Å². The van der Waals surface area contributed by atoms with Crippen molar-refractivity contribution in [1.82, 2.24) is 9.55 Å². The number of nitrogens with zero attached hydrogens (tertiary/aromatic N) is 2. The van der Waals surface area contributed by atoms with Crippen molar-refractivity contribution in [1.29, 1.82) is 0 Å². The Balaban J connectivity index is 1.76. The van der Waals surface area contributed by atoms with Gasteiger partial charge < -0.3 is 14.6 Å². The zero-order chi connectivity index (χ0) is 12.5. The molecule has 2 bridgehead atoms. The molecule has 2 aliphatic rings. The number of nitrogens with one attached hydrogen (secondary N) is 1. The highest BCUT2D eigenvalue weighted by molar-refractivity contribution is 5.33. The van der Waals surface area contributed by atoms with Gasteiger partial charge in [0.05, 0.1) is 18.2 Å². The minimum atomic E-state index is -0.0258. The molecule has 98 valence electrons. The predicted molar refractivity (Wildman–Crippen MR) is 68.7 cm³/mol. The summed E-state index contributed by atoms with van der Waals surface area (Å²) in [7, 11) is 0. The molecule has 1 aromatic rings. The van der Waals surface area contributed by atoms with Crippen LogP contribution in [0.25, 0.3) is 0 Å². The number of aromatic nitrogens is 2. The standard InChI is InChI=1S/C13H19N3O2/c1-2-6-16-7-5-14-12(13(16)17)15-10-8-9-3-4-11(10)18-9/h5,7,9-11H,2-4,6,8H2,1H3,(H,14,15). The molecule has 0 saturated carbocycles. The Morgan fingerprint density at radius 1 is 1.56 bits per heavy atom. The van der Waals surface area contributed by atoms with E-state index in [0.717, 1.165) is 32.2 Å². The average Bonchev–Trinajstić information content (AvgIpc) is 2.96. The normalized spacial score (nSPS) is 29.7. The van der Waals surface area contributed by atoms with Crippen molar-refractivity contribution in [2.45, 2.75) is 57.4 Å². The van der Waals surface area contributed by atoms with Crippen LogP contribution in [0.3, 0.4) is 0 Å². The number of hydrogen-bond donors (Lipinski definition) is 1. The van der Waals surface area contributed by atoms with Gasteiger partial charge in [0.1, 0.15) is 0 Å². The molecular weight excluding hydrogens is 230 g/mol. The zero-order valence-electron chi connectivity index (χ0n) is 10.6. The third-order valence-corrected chi connectivity index (χ3v) is 3.81. The molecule has 0 spiro atoms. The van der Waals surface area contributed by atoms with Gasteiger partial charge in [-0.05, 0) is 25.7 Å². The maximum absolute atomic E-state index is 12.1. The fourth-order valence-corrected chi connectivity index (χ4v) is 2.93. The van der Waals surface area contributed by atoms with Gasteiger partial charge in [0, 0.05) is 18.9 Å². The number of rotatable bonds is 4. The lowest BCUT2D eigenvalue weighted by atomic mass is 9.95. The Labute approximate surface area is 106 Å². The van der Waals surface area contributed by atoms with Crippen LogP contribution in [0, 0.1) is 0 Å². The number of hydrogen-bond acceptors (Lipinski definition) is 4. The first-order valence-corrected chi connectivity index (χ1v) is 6.75. The van der Waals surface area contributed by atoms with E-state index < -0.39 is 0 Å². The second-order valence-corrected chi connectivity index (χ2v) is 5.13. The first-order chi connectivity index (χ1) is 8.78. The van der Waals surface area contributed by atoms with Crippen LogP contribution in [0.15, 0.2) is 17.2 Å². The molecule has 3 rings (SSSR count). The van der Waals surface area contributed by atoms with Crippen LogP contribution in [-0.4, -0.2) is 27.8 Å². The van der Waals surface area contributed by atoms with E-state index in [-0.39, 0.29) is 17.7 Å². The van der Waals surface area contributed by atoms with E-state index in [1.54, 1.807) is 17.0 Å². The lowest BCUT2D eigenvalue weighted by molar-refractivity contribution is 0.102. The molecule has 0 aromatic carbocycles. The molecular formula is C13H19N3O2. The maximum atomic E-state index is 12.1. The fourth-order valence-electron chi connectivity index (χ4n) is 2.93. The Morgan fingerprint density at radius 2 is 2.44 bits per heavy atom. The summed E-state index contributed by atoms with van der Waals surface area (Å²) in [6, 6.07) is 0.251. The third kappa shape index (κ3) is 2.03.